The van der Waals surface area contributed by atoms with Crippen LogP contribution in [0.15, 0.2) is 30.6 Å². The van der Waals surface area contributed by atoms with Crippen molar-refractivity contribution in [1.82, 2.24) is 20.1 Å². The SMILES string of the molecule is Cn1cnnc1CNC(=O)c1ccc(C#CCCO)cc1. The minimum Gasteiger partial charge on any atom is -0.395 e. The Labute approximate surface area is 122 Å². The largest absolute Gasteiger partial charge is 0.395 e. The van der Waals surface area contributed by atoms with Crippen LogP contribution in [0, 0.1) is 11.8 Å². The van der Waals surface area contributed by atoms with E-state index in [9.17, 15) is 4.79 Å². The van der Waals surface area contributed by atoms with Gasteiger partial charge < -0.3 is 15.0 Å². The van der Waals surface area contributed by atoms with E-state index in [1.807, 2.05) is 7.05 Å². The Morgan fingerprint density at radius 3 is 2.76 bits per heavy atom. The highest BCUT2D eigenvalue weighted by molar-refractivity contribution is 5.94. The van der Waals surface area contributed by atoms with Crippen LogP contribution in [0.5, 0.6) is 0 Å². The predicted molar refractivity (Wildman–Crippen MR) is 77.2 cm³/mol. The number of carbonyl (C=O) groups is 1. The second-order valence-corrected chi connectivity index (χ2v) is 4.39. The van der Waals surface area contributed by atoms with Crippen molar-refractivity contribution >= 4 is 5.91 Å². The fourth-order valence-electron chi connectivity index (χ4n) is 1.65. The molecule has 1 amide bonds. The molecule has 6 heteroatoms. The zero-order valence-electron chi connectivity index (χ0n) is 11.7. The topological polar surface area (TPSA) is 80.0 Å². The molecule has 0 bridgehead atoms. The third-order valence-corrected chi connectivity index (χ3v) is 2.83. The zero-order chi connectivity index (χ0) is 15.1. The summed E-state index contributed by atoms with van der Waals surface area (Å²) < 4.78 is 1.75. The molecule has 2 aromatic rings. The fourth-order valence-corrected chi connectivity index (χ4v) is 1.65. The Morgan fingerprint density at radius 2 is 2.14 bits per heavy atom. The molecule has 0 saturated heterocycles. The maximum Gasteiger partial charge on any atom is 0.251 e. The lowest BCUT2D eigenvalue weighted by Gasteiger charge is -2.04. The molecule has 6 nitrogen and oxygen atoms in total. The molecule has 1 aromatic carbocycles. The average molecular weight is 284 g/mol. The van der Waals surface area contributed by atoms with E-state index in [1.54, 1.807) is 35.2 Å². The lowest BCUT2D eigenvalue weighted by atomic mass is 10.1. The van der Waals surface area contributed by atoms with Gasteiger partial charge in [0.05, 0.1) is 13.2 Å². The summed E-state index contributed by atoms with van der Waals surface area (Å²) in [6, 6.07) is 6.99. The minimum absolute atomic E-state index is 0.0511. The van der Waals surface area contributed by atoms with Gasteiger partial charge in [-0.25, -0.2) is 0 Å². The molecule has 108 valence electrons. The van der Waals surface area contributed by atoms with Gasteiger partial charge in [-0.2, -0.15) is 0 Å². The van der Waals surface area contributed by atoms with Gasteiger partial charge in [0.2, 0.25) is 0 Å². The van der Waals surface area contributed by atoms with Crippen molar-refractivity contribution in [2.45, 2.75) is 13.0 Å². The van der Waals surface area contributed by atoms with Gasteiger partial charge in [0, 0.05) is 24.6 Å². The maximum atomic E-state index is 12.0. The Balaban J connectivity index is 1.94. The van der Waals surface area contributed by atoms with Crippen LogP contribution in [-0.2, 0) is 13.6 Å². The van der Waals surface area contributed by atoms with Crippen LogP contribution in [0.3, 0.4) is 0 Å². The summed E-state index contributed by atoms with van der Waals surface area (Å²) in [5.74, 6) is 6.26. The zero-order valence-corrected chi connectivity index (χ0v) is 11.7. The second-order valence-electron chi connectivity index (χ2n) is 4.39. The van der Waals surface area contributed by atoms with E-state index in [0.29, 0.717) is 24.4 Å². The Kier molecular flexibility index (Phi) is 5.07. The number of hydrogen-bond donors (Lipinski definition) is 2. The lowest BCUT2D eigenvalue weighted by Crippen LogP contribution is -2.24. The highest BCUT2D eigenvalue weighted by Gasteiger charge is 2.07. The molecule has 0 unspecified atom stereocenters. The first kappa shape index (κ1) is 14.8. The summed E-state index contributed by atoms with van der Waals surface area (Å²) in [5.41, 5.74) is 1.37. The Morgan fingerprint density at radius 1 is 1.38 bits per heavy atom. The van der Waals surface area contributed by atoms with Gasteiger partial charge in [0.1, 0.15) is 6.33 Å². The van der Waals surface area contributed by atoms with E-state index in [2.05, 4.69) is 27.4 Å². The van der Waals surface area contributed by atoms with Crippen LogP contribution in [0.25, 0.3) is 0 Å². The van der Waals surface area contributed by atoms with Gasteiger partial charge in [0.25, 0.3) is 5.91 Å². The molecule has 0 spiro atoms. The van der Waals surface area contributed by atoms with Crippen molar-refractivity contribution in [1.29, 1.82) is 0 Å². The third-order valence-electron chi connectivity index (χ3n) is 2.83. The number of aliphatic hydroxyl groups excluding tert-OH is 1. The van der Waals surface area contributed by atoms with Gasteiger partial charge in [-0.05, 0) is 24.3 Å². The van der Waals surface area contributed by atoms with Gasteiger partial charge in [-0.15, -0.1) is 10.2 Å². The number of hydrogen-bond acceptors (Lipinski definition) is 4. The highest BCUT2D eigenvalue weighted by Crippen LogP contribution is 2.04. The van der Waals surface area contributed by atoms with E-state index in [-0.39, 0.29) is 12.5 Å². The van der Waals surface area contributed by atoms with Crippen molar-refractivity contribution in [3.63, 3.8) is 0 Å². The van der Waals surface area contributed by atoms with Crippen LogP contribution < -0.4 is 5.32 Å². The quantitative estimate of drug-likeness (QED) is 0.800. The molecule has 2 rings (SSSR count). The molecule has 2 N–H and O–H groups in total. The van der Waals surface area contributed by atoms with E-state index in [0.717, 1.165) is 5.56 Å². The van der Waals surface area contributed by atoms with E-state index >= 15 is 0 Å². The summed E-state index contributed by atoms with van der Waals surface area (Å²) in [6.07, 6.45) is 2.03. The predicted octanol–water partition coefficient (Wildman–Crippen LogP) is 0.479. The second kappa shape index (κ2) is 7.22. The number of carbonyl (C=O) groups excluding carboxylic acids is 1. The van der Waals surface area contributed by atoms with Crippen molar-refractivity contribution in [2.24, 2.45) is 7.05 Å². The van der Waals surface area contributed by atoms with Crippen LogP contribution >= 0.6 is 0 Å². The third kappa shape index (κ3) is 4.16. The van der Waals surface area contributed by atoms with Crippen molar-refractivity contribution in [3.05, 3.63) is 47.5 Å². The van der Waals surface area contributed by atoms with Crippen molar-refractivity contribution in [3.8, 4) is 11.8 Å². The summed E-state index contributed by atoms with van der Waals surface area (Å²) in [4.78, 5) is 12.0. The fraction of sp³-hybridized carbons (Fsp3) is 0.267. The first-order valence-corrected chi connectivity index (χ1v) is 6.51. The number of nitrogens with zero attached hydrogens (tertiary/aromatic N) is 3. The molecule has 0 saturated carbocycles. The van der Waals surface area contributed by atoms with Gasteiger partial charge in [-0.1, -0.05) is 11.8 Å². The number of aliphatic hydroxyl groups is 1. The number of benzene rings is 1. The van der Waals surface area contributed by atoms with Crippen LogP contribution in [0.1, 0.15) is 28.2 Å². The first-order valence-electron chi connectivity index (χ1n) is 6.51. The normalized spacial score (nSPS) is 9.81. The maximum absolute atomic E-state index is 12.0. The molecule has 1 aromatic heterocycles. The van der Waals surface area contributed by atoms with Crippen LogP contribution in [-0.4, -0.2) is 32.4 Å². The molecule has 21 heavy (non-hydrogen) atoms. The molecule has 0 aliphatic heterocycles. The molecule has 0 radical (unpaired) electrons. The smallest absolute Gasteiger partial charge is 0.251 e. The molecule has 0 aliphatic rings. The van der Waals surface area contributed by atoms with Gasteiger partial charge in [-0.3, -0.25) is 4.79 Å². The summed E-state index contributed by atoms with van der Waals surface area (Å²) >= 11 is 0. The molecule has 0 fully saturated rings. The molecular weight excluding hydrogens is 268 g/mol. The van der Waals surface area contributed by atoms with E-state index in [1.165, 1.54) is 0 Å². The molecule has 1 heterocycles. The van der Waals surface area contributed by atoms with Crippen LogP contribution in [0.2, 0.25) is 0 Å². The average Bonchev–Trinajstić information content (AvgIpc) is 2.91. The van der Waals surface area contributed by atoms with Gasteiger partial charge in [0.15, 0.2) is 5.82 Å². The Bertz CT molecular complexity index is 665. The van der Waals surface area contributed by atoms with Crippen molar-refractivity contribution in [2.75, 3.05) is 6.61 Å². The first-order chi connectivity index (χ1) is 10.2. The Hall–Kier alpha value is -2.65. The number of rotatable bonds is 4. The number of aromatic nitrogens is 3. The molecule has 0 atom stereocenters. The van der Waals surface area contributed by atoms with E-state index in [4.69, 9.17) is 5.11 Å². The van der Waals surface area contributed by atoms with Crippen LogP contribution in [0.4, 0.5) is 0 Å². The molecule has 0 aliphatic carbocycles. The lowest BCUT2D eigenvalue weighted by molar-refractivity contribution is 0.0949. The summed E-state index contributed by atoms with van der Waals surface area (Å²) in [5, 5.41) is 19.1. The highest BCUT2D eigenvalue weighted by atomic mass is 16.2. The van der Waals surface area contributed by atoms with E-state index < -0.39 is 0 Å². The molecular formula is C15H16N4O2. The number of amides is 1. The van der Waals surface area contributed by atoms with Gasteiger partial charge >= 0.3 is 0 Å². The monoisotopic (exact) mass is 284 g/mol. The standard InChI is InChI=1S/C15H16N4O2/c1-19-11-17-18-14(19)10-16-15(21)13-7-5-12(6-8-13)4-2-3-9-20/h5-8,11,20H,3,9-10H2,1H3,(H,16,21). The summed E-state index contributed by atoms with van der Waals surface area (Å²) in [7, 11) is 1.82. The van der Waals surface area contributed by atoms with Crippen molar-refractivity contribution < 1.29 is 9.90 Å². The minimum atomic E-state index is -0.173. The number of nitrogens with one attached hydrogen (secondary N) is 1. The number of aryl methyl sites for hydroxylation is 1. The summed E-state index contributed by atoms with van der Waals surface area (Å²) in [6.45, 7) is 0.378.